The highest BCUT2D eigenvalue weighted by atomic mass is 32.2. The summed E-state index contributed by atoms with van der Waals surface area (Å²) in [6.45, 7) is 6.13. The van der Waals surface area contributed by atoms with E-state index in [-0.39, 0.29) is 5.25 Å². The van der Waals surface area contributed by atoms with E-state index >= 15 is 0 Å². The minimum atomic E-state index is 0.113. The number of hydrogen-bond acceptors (Lipinski definition) is 5. The maximum atomic E-state index is 12.7. The third-order valence-electron chi connectivity index (χ3n) is 3.86. The molecule has 116 valence electrons. The lowest BCUT2D eigenvalue weighted by atomic mass is 10.0. The fraction of sp³-hybridized carbons (Fsp3) is 0.625. The zero-order valence-corrected chi connectivity index (χ0v) is 14.8. The molecule has 2 atom stereocenters. The maximum absolute atomic E-state index is 12.7. The van der Waals surface area contributed by atoms with Crippen molar-refractivity contribution in [1.29, 1.82) is 0 Å². The molecule has 0 saturated carbocycles. The number of hydrogen-bond donors (Lipinski definition) is 0. The zero-order valence-electron chi connectivity index (χ0n) is 13.1. The summed E-state index contributed by atoms with van der Waals surface area (Å²) in [5, 5.41) is 0.561. The van der Waals surface area contributed by atoms with Gasteiger partial charge in [-0.1, -0.05) is 6.92 Å². The van der Waals surface area contributed by atoms with Gasteiger partial charge < -0.3 is 4.74 Å². The predicted molar refractivity (Wildman–Crippen MR) is 91.8 cm³/mol. The number of Topliss-reactive ketones (excluding diaryl/α,β-unsaturated/α-hetero) is 1. The molecule has 3 nitrogen and oxygen atoms in total. The molecule has 2 heterocycles. The summed E-state index contributed by atoms with van der Waals surface area (Å²) >= 11 is 3.75. The van der Waals surface area contributed by atoms with Gasteiger partial charge in [0, 0.05) is 34.1 Å². The Morgan fingerprint density at radius 1 is 1.38 bits per heavy atom. The highest BCUT2D eigenvalue weighted by Gasteiger charge is 2.31. The van der Waals surface area contributed by atoms with Crippen LogP contribution in [0.2, 0.25) is 0 Å². The van der Waals surface area contributed by atoms with E-state index in [1.54, 1.807) is 13.3 Å². The van der Waals surface area contributed by atoms with Crippen LogP contribution in [0.4, 0.5) is 0 Å². The number of aryl methyl sites for hydroxylation is 1. The van der Waals surface area contributed by atoms with E-state index in [0.717, 1.165) is 40.5 Å². The number of carbonyl (C=O) groups is 1. The van der Waals surface area contributed by atoms with Crippen LogP contribution >= 0.6 is 23.5 Å². The molecule has 0 spiro atoms. The predicted octanol–water partition coefficient (Wildman–Crippen LogP) is 3.45. The van der Waals surface area contributed by atoms with Gasteiger partial charge in [-0.25, -0.2) is 0 Å². The van der Waals surface area contributed by atoms with Crippen molar-refractivity contribution in [2.75, 3.05) is 18.6 Å². The Morgan fingerprint density at radius 2 is 2.10 bits per heavy atom. The second-order valence-electron chi connectivity index (χ2n) is 5.30. The summed E-state index contributed by atoms with van der Waals surface area (Å²) in [7, 11) is 1.67. The van der Waals surface area contributed by atoms with Gasteiger partial charge in [0.15, 0.2) is 5.78 Å². The number of ether oxygens (including phenoxy) is 1. The lowest BCUT2D eigenvalue weighted by Gasteiger charge is -2.28. The molecule has 1 aromatic rings. The molecule has 1 aliphatic rings. The molecule has 0 N–H and O–H groups in total. The number of rotatable bonds is 5. The monoisotopic (exact) mass is 325 g/mol. The van der Waals surface area contributed by atoms with E-state index in [4.69, 9.17) is 4.74 Å². The van der Waals surface area contributed by atoms with Gasteiger partial charge >= 0.3 is 0 Å². The average Bonchev–Trinajstić information content (AvgIpc) is 2.50. The lowest BCUT2D eigenvalue weighted by molar-refractivity contribution is -0.118. The maximum Gasteiger partial charge on any atom is 0.152 e. The minimum absolute atomic E-state index is 0.113. The van der Waals surface area contributed by atoms with Gasteiger partial charge in [0.05, 0.1) is 24.5 Å². The molecule has 1 aliphatic heterocycles. The molecule has 0 amide bonds. The molecule has 1 fully saturated rings. The van der Waals surface area contributed by atoms with Gasteiger partial charge in [-0.2, -0.15) is 11.8 Å². The Bertz CT molecular complexity index is 519. The van der Waals surface area contributed by atoms with Crippen molar-refractivity contribution in [2.24, 2.45) is 0 Å². The van der Waals surface area contributed by atoms with Crippen LogP contribution in [-0.4, -0.2) is 39.9 Å². The Labute approximate surface area is 135 Å². The fourth-order valence-electron chi connectivity index (χ4n) is 2.72. The summed E-state index contributed by atoms with van der Waals surface area (Å²) in [6.07, 6.45) is 3.27. The van der Waals surface area contributed by atoms with Gasteiger partial charge in [0.1, 0.15) is 5.75 Å². The van der Waals surface area contributed by atoms with E-state index in [9.17, 15) is 4.79 Å². The second-order valence-corrected chi connectivity index (χ2v) is 7.89. The number of thioether (sulfide) groups is 2. The van der Waals surface area contributed by atoms with Crippen molar-refractivity contribution >= 4 is 29.3 Å². The molecule has 5 heteroatoms. The number of pyridine rings is 1. The first-order valence-corrected chi connectivity index (χ1v) is 9.43. The number of methoxy groups -OCH3 is 1. The number of aromatic nitrogens is 1. The van der Waals surface area contributed by atoms with Crippen LogP contribution in [0.25, 0.3) is 0 Å². The Hall–Kier alpha value is -0.680. The Balaban J connectivity index is 2.16. The number of nitrogens with zero attached hydrogens (tertiary/aromatic N) is 1. The molecular formula is C16H23NO2S2. The largest absolute Gasteiger partial charge is 0.496 e. The van der Waals surface area contributed by atoms with Gasteiger partial charge in [-0.05, 0) is 20.3 Å². The third kappa shape index (κ3) is 3.75. The summed E-state index contributed by atoms with van der Waals surface area (Å²) in [5.41, 5.74) is 2.86. The van der Waals surface area contributed by atoms with Crippen LogP contribution < -0.4 is 4.74 Å². The second kappa shape index (κ2) is 7.54. The summed E-state index contributed by atoms with van der Waals surface area (Å²) in [5.74, 6) is 3.38. The van der Waals surface area contributed by atoms with Crippen molar-refractivity contribution < 1.29 is 9.53 Å². The van der Waals surface area contributed by atoms with E-state index in [1.165, 1.54) is 0 Å². The lowest BCUT2D eigenvalue weighted by Crippen LogP contribution is -2.34. The van der Waals surface area contributed by atoms with Crippen LogP contribution in [-0.2, 0) is 11.2 Å². The highest BCUT2D eigenvalue weighted by molar-refractivity contribution is 8.07. The van der Waals surface area contributed by atoms with Crippen LogP contribution in [0.5, 0.6) is 5.75 Å². The quantitative estimate of drug-likeness (QED) is 0.829. The van der Waals surface area contributed by atoms with Crippen molar-refractivity contribution in [3.63, 3.8) is 0 Å². The van der Waals surface area contributed by atoms with E-state index in [2.05, 4.69) is 11.9 Å². The summed E-state index contributed by atoms with van der Waals surface area (Å²) in [4.78, 5) is 17.1. The summed E-state index contributed by atoms with van der Waals surface area (Å²) in [6, 6.07) is 0. The molecule has 0 bridgehead atoms. The summed E-state index contributed by atoms with van der Waals surface area (Å²) < 4.78 is 5.43. The minimum Gasteiger partial charge on any atom is -0.496 e. The molecule has 0 radical (unpaired) electrons. The highest BCUT2D eigenvalue weighted by Crippen LogP contribution is 2.34. The van der Waals surface area contributed by atoms with Crippen molar-refractivity contribution in [3.8, 4) is 5.75 Å². The smallest absolute Gasteiger partial charge is 0.152 e. The van der Waals surface area contributed by atoms with Crippen LogP contribution in [0, 0.1) is 13.8 Å². The molecule has 2 unspecified atom stereocenters. The van der Waals surface area contributed by atoms with Crippen molar-refractivity contribution in [3.05, 3.63) is 23.0 Å². The molecule has 2 rings (SSSR count). The van der Waals surface area contributed by atoms with E-state index < -0.39 is 0 Å². The van der Waals surface area contributed by atoms with Crippen LogP contribution in [0.3, 0.4) is 0 Å². The standard InChI is InChI=1S/C16H23NO2S2/c1-5-14-16(21-7-6-20-14)13(18)8-12-11(3)15(19-4)10(2)9-17-12/h9,14,16H,5-8H2,1-4H3. The van der Waals surface area contributed by atoms with Crippen molar-refractivity contribution in [1.82, 2.24) is 4.98 Å². The molecule has 21 heavy (non-hydrogen) atoms. The first-order chi connectivity index (χ1) is 10.1. The van der Waals surface area contributed by atoms with E-state index in [1.807, 2.05) is 37.4 Å². The van der Waals surface area contributed by atoms with Crippen LogP contribution in [0.15, 0.2) is 6.20 Å². The topological polar surface area (TPSA) is 39.2 Å². The molecule has 0 aliphatic carbocycles. The molecule has 1 aromatic heterocycles. The van der Waals surface area contributed by atoms with Crippen molar-refractivity contribution in [2.45, 2.75) is 44.1 Å². The van der Waals surface area contributed by atoms with Gasteiger partial charge in [0.25, 0.3) is 0 Å². The first-order valence-electron chi connectivity index (χ1n) is 7.33. The molecular weight excluding hydrogens is 302 g/mol. The zero-order chi connectivity index (χ0) is 15.4. The van der Waals surface area contributed by atoms with E-state index in [0.29, 0.717) is 17.5 Å². The first kappa shape index (κ1) is 16.7. The Morgan fingerprint density at radius 3 is 2.76 bits per heavy atom. The fourth-order valence-corrected chi connectivity index (χ4v) is 5.75. The SMILES string of the molecule is CCC1SCCSC1C(=O)Cc1ncc(C)c(OC)c1C. The van der Waals surface area contributed by atoms with Gasteiger partial charge in [0.2, 0.25) is 0 Å². The molecule has 0 aromatic carbocycles. The normalized spacial score (nSPS) is 22.1. The number of carbonyl (C=O) groups excluding carboxylic acids is 1. The Kier molecular flexibility index (Phi) is 5.99. The average molecular weight is 325 g/mol. The van der Waals surface area contributed by atoms with Crippen LogP contribution in [0.1, 0.15) is 30.2 Å². The van der Waals surface area contributed by atoms with Gasteiger partial charge in [-0.3, -0.25) is 9.78 Å². The molecule has 1 saturated heterocycles. The third-order valence-corrected chi connectivity index (χ3v) is 7.16. The van der Waals surface area contributed by atoms with Gasteiger partial charge in [-0.15, -0.1) is 11.8 Å². The number of ketones is 1.